The SMILES string of the molecule is CCCN(C(=O)Nc1cc(C(N)=O)c(F)cc1F)C1CCN(Cc2ccc(Oc3ccc(NS(C)(=O)=O)cc3)nc2OC)CC1. The molecule has 15 heteroatoms. The van der Waals surface area contributed by atoms with E-state index in [-0.39, 0.29) is 11.7 Å². The highest BCUT2D eigenvalue weighted by Crippen LogP contribution is 2.28. The summed E-state index contributed by atoms with van der Waals surface area (Å²) in [5.74, 6) is -1.99. The number of aromatic nitrogens is 1. The summed E-state index contributed by atoms with van der Waals surface area (Å²) in [6.45, 7) is 4.25. The van der Waals surface area contributed by atoms with Gasteiger partial charge in [-0.1, -0.05) is 6.92 Å². The van der Waals surface area contributed by atoms with E-state index < -0.39 is 39.2 Å². The number of piperidine rings is 1. The summed E-state index contributed by atoms with van der Waals surface area (Å²) in [6, 6.07) is 10.8. The lowest BCUT2D eigenvalue weighted by Gasteiger charge is -2.38. The first-order valence-corrected chi connectivity index (χ1v) is 16.1. The quantitative estimate of drug-likeness (QED) is 0.259. The van der Waals surface area contributed by atoms with Crippen LogP contribution >= 0.6 is 0 Å². The fourth-order valence-corrected chi connectivity index (χ4v) is 5.64. The number of carbonyl (C=O) groups is 2. The fraction of sp³-hybridized carbons (Fsp3) is 0.367. The molecule has 0 bridgehead atoms. The summed E-state index contributed by atoms with van der Waals surface area (Å²) < 4.78 is 64.8. The number of likely N-dealkylation sites (tertiary alicyclic amines) is 1. The van der Waals surface area contributed by atoms with Crippen molar-refractivity contribution in [1.82, 2.24) is 14.8 Å². The van der Waals surface area contributed by atoms with E-state index >= 15 is 0 Å². The maximum atomic E-state index is 14.4. The first-order valence-electron chi connectivity index (χ1n) is 14.2. The Morgan fingerprint density at radius 1 is 1.09 bits per heavy atom. The number of amides is 3. The summed E-state index contributed by atoms with van der Waals surface area (Å²) in [7, 11) is -1.87. The maximum Gasteiger partial charge on any atom is 0.322 e. The van der Waals surface area contributed by atoms with Crippen LogP contribution < -0.4 is 25.2 Å². The summed E-state index contributed by atoms with van der Waals surface area (Å²) in [5, 5.41) is 2.48. The molecule has 0 saturated carbocycles. The Balaban J connectivity index is 1.36. The van der Waals surface area contributed by atoms with Crippen LogP contribution in [0.3, 0.4) is 0 Å². The minimum atomic E-state index is -3.39. The number of nitrogens with two attached hydrogens (primary N) is 1. The summed E-state index contributed by atoms with van der Waals surface area (Å²) in [6.07, 6.45) is 3.06. The molecule has 1 aromatic heterocycles. The molecule has 4 N–H and O–H groups in total. The van der Waals surface area contributed by atoms with Gasteiger partial charge < -0.3 is 25.4 Å². The molecule has 1 fully saturated rings. The van der Waals surface area contributed by atoms with Gasteiger partial charge in [-0.2, -0.15) is 4.98 Å². The molecule has 1 aliphatic rings. The molecule has 2 heterocycles. The molecule has 0 atom stereocenters. The van der Waals surface area contributed by atoms with Gasteiger partial charge in [-0.05, 0) is 55.7 Å². The summed E-state index contributed by atoms with van der Waals surface area (Å²) in [4.78, 5) is 33.0. The number of hydrogen-bond donors (Lipinski definition) is 3. The summed E-state index contributed by atoms with van der Waals surface area (Å²) >= 11 is 0. The average molecular weight is 647 g/mol. The summed E-state index contributed by atoms with van der Waals surface area (Å²) in [5.41, 5.74) is 5.60. The topological polar surface area (TPSA) is 156 Å². The third-order valence-corrected chi connectivity index (χ3v) is 7.77. The molecule has 0 aliphatic carbocycles. The third-order valence-electron chi connectivity index (χ3n) is 7.17. The average Bonchev–Trinajstić information content (AvgIpc) is 2.98. The minimum Gasteiger partial charge on any atom is -0.481 e. The van der Waals surface area contributed by atoms with E-state index in [1.807, 2.05) is 13.0 Å². The van der Waals surface area contributed by atoms with Gasteiger partial charge in [0.15, 0.2) is 0 Å². The number of urea groups is 1. The van der Waals surface area contributed by atoms with Gasteiger partial charge in [-0.25, -0.2) is 22.0 Å². The van der Waals surface area contributed by atoms with Gasteiger partial charge >= 0.3 is 6.03 Å². The highest BCUT2D eigenvalue weighted by Gasteiger charge is 2.29. The number of hydrogen-bond acceptors (Lipinski definition) is 8. The van der Waals surface area contributed by atoms with Crippen molar-refractivity contribution in [2.45, 2.75) is 38.8 Å². The predicted molar refractivity (Wildman–Crippen MR) is 165 cm³/mol. The molecule has 0 spiro atoms. The maximum absolute atomic E-state index is 14.4. The van der Waals surface area contributed by atoms with E-state index in [0.29, 0.717) is 74.7 Å². The normalized spacial score (nSPS) is 14.1. The van der Waals surface area contributed by atoms with Gasteiger partial charge in [0.25, 0.3) is 5.91 Å². The lowest BCUT2D eigenvalue weighted by Crippen LogP contribution is -2.49. The molecule has 3 amide bonds. The highest BCUT2D eigenvalue weighted by molar-refractivity contribution is 7.92. The van der Waals surface area contributed by atoms with Gasteiger partial charge in [-0.15, -0.1) is 0 Å². The molecule has 12 nitrogen and oxygen atoms in total. The molecule has 1 saturated heterocycles. The minimum absolute atomic E-state index is 0.116. The van der Waals surface area contributed by atoms with Crippen molar-refractivity contribution in [3.63, 3.8) is 0 Å². The number of ether oxygens (including phenoxy) is 2. The van der Waals surface area contributed by atoms with Gasteiger partial charge in [0.05, 0.1) is 24.6 Å². The number of benzene rings is 2. The Morgan fingerprint density at radius 3 is 2.38 bits per heavy atom. The molecule has 4 rings (SSSR count). The van der Waals surface area contributed by atoms with Crippen molar-refractivity contribution in [3.05, 3.63) is 71.3 Å². The molecular formula is C30H36F2N6O6S. The molecule has 242 valence electrons. The number of rotatable bonds is 12. The number of nitrogens with zero attached hydrogens (tertiary/aromatic N) is 3. The zero-order chi connectivity index (χ0) is 32.7. The number of nitrogens with one attached hydrogen (secondary N) is 2. The van der Waals surface area contributed by atoms with Crippen LogP contribution in [0, 0.1) is 11.6 Å². The van der Waals surface area contributed by atoms with Crippen molar-refractivity contribution in [3.8, 4) is 17.5 Å². The number of carbonyl (C=O) groups excluding carboxylic acids is 2. The first kappa shape index (κ1) is 33.4. The number of sulfonamides is 1. The van der Waals surface area contributed by atoms with Crippen molar-refractivity contribution >= 4 is 33.3 Å². The number of halogens is 2. The number of primary amides is 1. The van der Waals surface area contributed by atoms with Crippen molar-refractivity contribution in [1.29, 1.82) is 0 Å². The fourth-order valence-electron chi connectivity index (χ4n) is 5.07. The number of anilines is 2. The lowest BCUT2D eigenvalue weighted by molar-refractivity contribution is 0.0996. The van der Waals surface area contributed by atoms with Crippen molar-refractivity contribution in [2.75, 3.05) is 43.0 Å². The van der Waals surface area contributed by atoms with Crippen molar-refractivity contribution < 1.29 is 36.3 Å². The second-order valence-electron chi connectivity index (χ2n) is 10.6. The Hall–Kier alpha value is -4.50. The third kappa shape index (κ3) is 9.01. The van der Waals surface area contributed by atoms with Crippen LogP contribution in [0.1, 0.15) is 42.1 Å². The smallest absolute Gasteiger partial charge is 0.322 e. The van der Waals surface area contributed by atoms with E-state index in [1.165, 1.54) is 7.11 Å². The largest absolute Gasteiger partial charge is 0.481 e. The van der Waals surface area contributed by atoms with Crippen LogP contribution in [0.4, 0.5) is 25.0 Å². The molecule has 1 aliphatic heterocycles. The van der Waals surface area contributed by atoms with E-state index in [2.05, 4.69) is 19.9 Å². The van der Waals surface area contributed by atoms with Crippen LogP contribution in [-0.2, 0) is 16.6 Å². The Kier molecular flexibility index (Phi) is 10.8. The molecular weight excluding hydrogens is 610 g/mol. The van der Waals surface area contributed by atoms with Crippen LogP contribution in [0.2, 0.25) is 0 Å². The van der Waals surface area contributed by atoms with Crippen LogP contribution in [-0.4, -0.2) is 74.2 Å². The van der Waals surface area contributed by atoms with Crippen LogP contribution in [0.25, 0.3) is 0 Å². The Bertz CT molecular complexity index is 1630. The predicted octanol–water partition coefficient (Wildman–Crippen LogP) is 4.54. The second-order valence-corrected chi connectivity index (χ2v) is 12.4. The molecule has 2 aromatic carbocycles. The molecule has 0 radical (unpaired) electrons. The second kappa shape index (κ2) is 14.5. The molecule has 0 unspecified atom stereocenters. The van der Waals surface area contributed by atoms with E-state index in [4.69, 9.17) is 15.2 Å². The van der Waals surface area contributed by atoms with Gasteiger partial charge in [0.2, 0.25) is 21.8 Å². The molecule has 3 aromatic rings. The Labute approximate surface area is 260 Å². The molecule has 45 heavy (non-hydrogen) atoms. The number of pyridine rings is 1. The van der Waals surface area contributed by atoms with E-state index in [1.54, 1.807) is 35.2 Å². The van der Waals surface area contributed by atoms with Crippen molar-refractivity contribution in [2.24, 2.45) is 5.73 Å². The van der Waals surface area contributed by atoms with Crippen LogP contribution in [0.5, 0.6) is 17.5 Å². The van der Waals surface area contributed by atoms with Crippen LogP contribution in [0.15, 0.2) is 48.5 Å². The number of methoxy groups -OCH3 is 1. The van der Waals surface area contributed by atoms with E-state index in [0.717, 1.165) is 17.9 Å². The van der Waals surface area contributed by atoms with Gasteiger partial charge in [0.1, 0.15) is 17.4 Å². The van der Waals surface area contributed by atoms with E-state index in [9.17, 15) is 26.8 Å². The van der Waals surface area contributed by atoms with Gasteiger partial charge in [-0.3, -0.25) is 14.4 Å². The monoisotopic (exact) mass is 646 g/mol. The lowest BCUT2D eigenvalue weighted by atomic mass is 10.0. The van der Waals surface area contributed by atoms with Gasteiger partial charge in [0, 0.05) is 55.6 Å². The zero-order valence-electron chi connectivity index (χ0n) is 25.2. The standard InChI is InChI=1S/C30H36F2N6O6S/c1-4-13-38(30(40)34-26-16-23(28(33)39)24(31)17-25(26)32)21-11-14-37(15-12-21)18-19-5-10-27(35-29(19)43-2)44-22-8-6-20(7-9-22)36-45(3,41)42/h5-10,16-17,21,36H,4,11-15,18H2,1-3H3,(H2,33,39)(H,34,40). The first-order chi connectivity index (χ1) is 21.4. The zero-order valence-corrected chi connectivity index (χ0v) is 26.0. The highest BCUT2D eigenvalue weighted by atomic mass is 32.2. The Morgan fingerprint density at radius 2 is 1.78 bits per heavy atom.